The summed E-state index contributed by atoms with van der Waals surface area (Å²) in [4.78, 5) is 4.38. The average molecular weight is 416 g/mol. The lowest BCUT2D eigenvalue weighted by Gasteiger charge is -2.27. The second-order valence-corrected chi connectivity index (χ2v) is 7.39. The highest BCUT2D eigenvalue weighted by atomic mass is 16.5. The fraction of sp³-hybridized carbons (Fsp3) is 0.300. The highest BCUT2D eigenvalue weighted by Gasteiger charge is 2.20. The van der Waals surface area contributed by atoms with Gasteiger partial charge in [0.05, 0.1) is 24.7 Å². The van der Waals surface area contributed by atoms with Gasteiger partial charge in [0.2, 0.25) is 0 Å². The van der Waals surface area contributed by atoms with Crippen molar-refractivity contribution in [2.24, 2.45) is 0 Å². The van der Waals surface area contributed by atoms with Gasteiger partial charge in [0.15, 0.2) is 23.0 Å². The van der Waals surface area contributed by atoms with Crippen molar-refractivity contribution in [3.05, 3.63) is 42.0 Å². The lowest BCUT2D eigenvalue weighted by Crippen LogP contribution is -2.27. The molecule has 1 saturated carbocycles. The standard InChI is InChI=1S/C20H20N10O/c1-12-25-27-28-29(12)15-6-14(7-17(8-15)31-2)24-19-9-18(23-13-4-3-5-13)20-22-11-16(10-21)30(20)26-19/h6-9,11,13,23H,3-5H2,1-2H3,(H,24,26). The number of ether oxygens (including phenoxy) is 1. The van der Waals surface area contributed by atoms with Crippen molar-refractivity contribution in [3.63, 3.8) is 0 Å². The van der Waals surface area contributed by atoms with Crippen molar-refractivity contribution in [2.75, 3.05) is 17.7 Å². The average Bonchev–Trinajstić information content (AvgIpc) is 3.36. The van der Waals surface area contributed by atoms with E-state index in [0.717, 1.165) is 29.9 Å². The van der Waals surface area contributed by atoms with Gasteiger partial charge in [-0.25, -0.2) is 4.98 Å². The van der Waals surface area contributed by atoms with Gasteiger partial charge in [-0.1, -0.05) is 0 Å². The molecule has 156 valence electrons. The normalized spacial score (nSPS) is 13.6. The number of nitrogens with one attached hydrogen (secondary N) is 2. The molecule has 0 spiro atoms. The van der Waals surface area contributed by atoms with Crippen LogP contribution in [0.2, 0.25) is 0 Å². The van der Waals surface area contributed by atoms with E-state index in [0.29, 0.717) is 34.8 Å². The summed E-state index contributed by atoms with van der Waals surface area (Å²) in [5.74, 6) is 1.86. The van der Waals surface area contributed by atoms with Crippen LogP contribution in [0.5, 0.6) is 5.75 Å². The van der Waals surface area contributed by atoms with Crippen LogP contribution < -0.4 is 15.4 Å². The number of imidazole rings is 1. The summed E-state index contributed by atoms with van der Waals surface area (Å²) >= 11 is 0. The fourth-order valence-corrected chi connectivity index (χ4v) is 3.50. The molecule has 3 aromatic heterocycles. The molecule has 2 N–H and O–H groups in total. The molecule has 0 amide bonds. The molecule has 3 heterocycles. The van der Waals surface area contributed by atoms with Crippen LogP contribution in [0.15, 0.2) is 30.5 Å². The fourth-order valence-electron chi connectivity index (χ4n) is 3.50. The molecule has 11 nitrogen and oxygen atoms in total. The maximum absolute atomic E-state index is 9.44. The summed E-state index contributed by atoms with van der Waals surface area (Å²) < 4.78 is 8.63. The van der Waals surface area contributed by atoms with Crippen LogP contribution in [0.4, 0.5) is 17.2 Å². The van der Waals surface area contributed by atoms with Gasteiger partial charge in [-0.15, -0.1) is 10.2 Å². The molecule has 0 radical (unpaired) electrons. The number of fused-ring (bicyclic) bond motifs is 1. The number of hydrogen-bond donors (Lipinski definition) is 2. The van der Waals surface area contributed by atoms with E-state index in [2.05, 4.69) is 42.3 Å². The second-order valence-electron chi connectivity index (χ2n) is 7.39. The largest absolute Gasteiger partial charge is 0.497 e. The van der Waals surface area contributed by atoms with E-state index in [9.17, 15) is 5.26 Å². The van der Waals surface area contributed by atoms with Crippen molar-refractivity contribution in [3.8, 4) is 17.5 Å². The van der Waals surface area contributed by atoms with E-state index in [4.69, 9.17) is 4.74 Å². The Morgan fingerprint density at radius 2 is 2.10 bits per heavy atom. The Hall–Kier alpha value is -4.20. The zero-order chi connectivity index (χ0) is 21.4. The molecular formula is C20H20N10O. The predicted molar refractivity (Wildman–Crippen MR) is 113 cm³/mol. The molecule has 1 aliphatic rings. The number of rotatable bonds is 6. The van der Waals surface area contributed by atoms with Crippen LogP contribution in [-0.2, 0) is 0 Å². The maximum Gasteiger partial charge on any atom is 0.178 e. The zero-order valence-corrected chi connectivity index (χ0v) is 17.1. The highest BCUT2D eigenvalue weighted by Crippen LogP contribution is 2.30. The Kier molecular flexibility index (Phi) is 4.59. The Morgan fingerprint density at radius 1 is 1.23 bits per heavy atom. The van der Waals surface area contributed by atoms with Gasteiger partial charge in [-0.2, -0.15) is 14.5 Å². The minimum atomic E-state index is 0.367. The first-order valence-electron chi connectivity index (χ1n) is 9.91. The molecule has 11 heteroatoms. The van der Waals surface area contributed by atoms with Crippen molar-refractivity contribution < 1.29 is 4.74 Å². The van der Waals surface area contributed by atoms with Crippen LogP contribution in [0.3, 0.4) is 0 Å². The number of nitrogens with zero attached hydrogens (tertiary/aromatic N) is 8. The number of methoxy groups -OCH3 is 1. The van der Waals surface area contributed by atoms with Gasteiger partial charge in [-0.3, -0.25) is 0 Å². The molecule has 4 aromatic rings. The summed E-state index contributed by atoms with van der Waals surface area (Å²) in [5, 5.41) is 32.5. The molecule has 1 aromatic carbocycles. The number of aryl methyl sites for hydroxylation is 1. The van der Waals surface area contributed by atoms with E-state index >= 15 is 0 Å². The van der Waals surface area contributed by atoms with Crippen molar-refractivity contribution in [1.82, 2.24) is 34.8 Å². The topological polar surface area (TPSA) is 131 Å². The highest BCUT2D eigenvalue weighted by molar-refractivity contribution is 5.74. The molecule has 0 bridgehead atoms. The molecule has 0 atom stereocenters. The van der Waals surface area contributed by atoms with Crippen LogP contribution in [0.1, 0.15) is 30.8 Å². The van der Waals surface area contributed by atoms with Crippen LogP contribution >= 0.6 is 0 Å². The molecule has 0 unspecified atom stereocenters. The zero-order valence-electron chi connectivity index (χ0n) is 17.1. The van der Waals surface area contributed by atoms with Gasteiger partial charge in [0, 0.05) is 29.9 Å². The van der Waals surface area contributed by atoms with Gasteiger partial charge < -0.3 is 15.4 Å². The maximum atomic E-state index is 9.44. The van der Waals surface area contributed by atoms with E-state index in [1.807, 2.05) is 31.2 Å². The number of aromatic nitrogens is 7. The van der Waals surface area contributed by atoms with Crippen LogP contribution in [0, 0.1) is 18.3 Å². The SMILES string of the molecule is COc1cc(Nc2cc(NC3CCC3)c3ncc(C#N)n3n2)cc(-n2nnnc2C)c1. The number of nitriles is 1. The van der Waals surface area contributed by atoms with E-state index < -0.39 is 0 Å². The summed E-state index contributed by atoms with van der Waals surface area (Å²) in [5.41, 5.74) is 3.32. The number of anilines is 3. The van der Waals surface area contributed by atoms with Gasteiger partial charge >= 0.3 is 0 Å². The van der Waals surface area contributed by atoms with E-state index in [-0.39, 0.29) is 0 Å². The minimum Gasteiger partial charge on any atom is -0.497 e. The summed E-state index contributed by atoms with van der Waals surface area (Å²) in [6, 6.07) is 10.1. The summed E-state index contributed by atoms with van der Waals surface area (Å²) in [6.07, 6.45) is 4.98. The second kappa shape index (κ2) is 7.56. The summed E-state index contributed by atoms with van der Waals surface area (Å²) in [6.45, 7) is 1.82. The Labute approximate surface area is 177 Å². The van der Waals surface area contributed by atoms with Crippen LogP contribution in [0.25, 0.3) is 11.3 Å². The molecule has 0 aliphatic heterocycles. The quantitative estimate of drug-likeness (QED) is 0.487. The smallest absolute Gasteiger partial charge is 0.178 e. The molecule has 31 heavy (non-hydrogen) atoms. The summed E-state index contributed by atoms with van der Waals surface area (Å²) in [7, 11) is 1.60. The lowest BCUT2D eigenvalue weighted by atomic mass is 9.93. The van der Waals surface area contributed by atoms with E-state index in [1.165, 1.54) is 12.6 Å². The Morgan fingerprint density at radius 3 is 2.77 bits per heavy atom. The lowest BCUT2D eigenvalue weighted by molar-refractivity contribution is 0.414. The molecule has 0 saturated heterocycles. The van der Waals surface area contributed by atoms with E-state index in [1.54, 1.807) is 16.3 Å². The van der Waals surface area contributed by atoms with Crippen molar-refractivity contribution in [1.29, 1.82) is 5.26 Å². The first-order valence-corrected chi connectivity index (χ1v) is 9.91. The molecular weight excluding hydrogens is 396 g/mol. The monoisotopic (exact) mass is 416 g/mol. The number of hydrogen-bond acceptors (Lipinski definition) is 9. The van der Waals surface area contributed by atoms with Gasteiger partial charge in [-0.05, 0) is 42.7 Å². The third kappa shape index (κ3) is 3.48. The third-order valence-corrected chi connectivity index (χ3v) is 5.32. The Balaban J connectivity index is 1.55. The molecule has 1 aliphatic carbocycles. The molecule has 1 fully saturated rings. The molecule has 5 rings (SSSR count). The third-order valence-electron chi connectivity index (χ3n) is 5.32. The van der Waals surface area contributed by atoms with Gasteiger partial charge in [0.25, 0.3) is 0 Å². The first kappa shape index (κ1) is 18.8. The van der Waals surface area contributed by atoms with Crippen molar-refractivity contribution >= 4 is 22.8 Å². The van der Waals surface area contributed by atoms with Crippen LogP contribution in [-0.4, -0.2) is 48.0 Å². The number of tetrazole rings is 1. The minimum absolute atomic E-state index is 0.367. The first-order chi connectivity index (χ1) is 15.1. The van der Waals surface area contributed by atoms with Crippen molar-refractivity contribution in [2.45, 2.75) is 32.2 Å². The predicted octanol–water partition coefficient (Wildman–Crippen LogP) is 2.60. The Bertz CT molecular complexity index is 1300. The number of benzene rings is 1. The van der Waals surface area contributed by atoms with Gasteiger partial charge in [0.1, 0.15) is 11.8 Å².